The number of nitrogens with two attached hydrogens (primary N) is 2. The maximum atomic E-state index is 12.7. The number of amides is 1. The van der Waals surface area contributed by atoms with Crippen LogP contribution in [0, 0.1) is 0 Å². The van der Waals surface area contributed by atoms with E-state index in [4.69, 9.17) is 11.6 Å². The average Bonchev–Trinajstić information content (AvgIpc) is 2.53. The molecule has 0 saturated carbocycles. The molecule has 27 heavy (non-hydrogen) atoms. The van der Waals surface area contributed by atoms with Gasteiger partial charge in [-0.05, 0) is 29.8 Å². The summed E-state index contributed by atoms with van der Waals surface area (Å²) in [7, 11) is -9.79. The highest BCUT2D eigenvalue weighted by Gasteiger charge is 2.65. The summed E-state index contributed by atoms with van der Waals surface area (Å²) in [6.45, 7) is 0.177. The molecule has 1 amide bonds. The molecular weight excluding hydrogens is 393 g/mol. The second kappa shape index (κ2) is 6.39. The Bertz CT molecular complexity index is 856. The van der Waals surface area contributed by atoms with E-state index in [-0.39, 0.29) is 24.2 Å². The van der Waals surface area contributed by atoms with Gasteiger partial charge in [0.2, 0.25) is 5.96 Å². The number of nitrogens with zero attached hydrogens (tertiary/aromatic N) is 2. The van der Waals surface area contributed by atoms with Crippen LogP contribution in [-0.2, 0) is 6.54 Å². The summed E-state index contributed by atoms with van der Waals surface area (Å²) < 4.78 is 63.3. The van der Waals surface area contributed by atoms with Crippen LogP contribution in [0.3, 0.4) is 0 Å². The summed E-state index contributed by atoms with van der Waals surface area (Å²) in [6, 6.07) is 10.4. The van der Waals surface area contributed by atoms with E-state index in [1.54, 1.807) is 24.3 Å². The second-order valence-corrected chi connectivity index (χ2v) is 7.93. The van der Waals surface area contributed by atoms with Crippen molar-refractivity contribution < 1.29 is 24.2 Å². The molecule has 0 atom stereocenters. The van der Waals surface area contributed by atoms with Crippen LogP contribution in [0.1, 0.15) is 15.9 Å². The molecule has 2 rings (SSSR count). The molecule has 0 aliphatic carbocycles. The molecule has 0 spiro atoms. The lowest BCUT2D eigenvalue weighted by Crippen LogP contribution is -2.40. The summed E-state index contributed by atoms with van der Waals surface area (Å²) in [6.07, 6.45) is 0. The molecular formula is C15H16F5N5OS. The predicted molar refractivity (Wildman–Crippen MR) is 93.1 cm³/mol. The van der Waals surface area contributed by atoms with Crippen LogP contribution in [0.25, 0.3) is 0 Å². The Morgan fingerprint density at radius 3 is 2.07 bits per heavy atom. The van der Waals surface area contributed by atoms with Gasteiger partial charge >= 0.3 is 10.2 Å². The first-order chi connectivity index (χ1) is 12.2. The fraction of sp³-hybridized carbons (Fsp3) is 0.0667. The number of halogens is 5. The van der Waals surface area contributed by atoms with E-state index in [0.29, 0.717) is 12.1 Å². The van der Waals surface area contributed by atoms with Gasteiger partial charge in [-0.3, -0.25) is 10.1 Å². The van der Waals surface area contributed by atoms with Crippen molar-refractivity contribution in [1.29, 1.82) is 0 Å². The van der Waals surface area contributed by atoms with Gasteiger partial charge < -0.3 is 5.73 Å². The molecule has 0 aliphatic heterocycles. The first kappa shape index (κ1) is 20.5. The zero-order valence-corrected chi connectivity index (χ0v) is 14.5. The number of hydrogen-bond acceptors (Lipinski definition) is 4. The number of rotatable bonds is 5. The highest BCUT2D eigenvalue weighted by Crippen LogP contribution is 3.02. The molecule has 0 saturated heterocycles. The fourth-order valence-electron chi connectivity index (χ4n) is 2.02. The lowest BCUT2D eigenvalue weighted by molar-refractivity contribution is 0.0975. The number of carbonyl (C=O) groups excluding carboxylic acids is 1. The molecule has 148 valence electrons. The molecule has 6 nitrogen and oxygen atoms in total. The summed E-state index contributed by atoms with van der Waals surface area (Å²) in [5, 5.41) is 6.74. The minimum Gasteiger partial charge on any atom is -0.368 e. The minimum absolute atomic E-state index is 0.133. The lowest BCUT2D eigenvalue weighted by atomic mass is 10.2. The van der Waals surface area contributed by atoms with Gasteiger partial charge in [-0.15, -0.1) is 5.10 Å². The van der Waals surface area contributed by atoms with Crippen LogP contribution in [0.5, 0.6) is 0 Å². The Labute approximate surface area is 151 Å². The van der Waals surface area contributed by atoms with Crippen LogP contribution in [0.2, 0.25) is 0 Å². The SMILES string of the molecule is N/C(=N\N(N)Cc1ccccc1)NC(=O)c1ccc(S(F)(F)(F)(F)F)cc1. The van der Waals surface area contributed by atoms with Crippen molar-refractivity contribution in [2.75, 3.05) is 0 Å². The third kappa shape index (κ3) is 6.11. The van der Waals surface area contributed by atoms with Crippen LogP contribution >= 0.6 is 10.2 Å². The van der Waals surface area contributed by atoms with Gasteiger partial charge in [0.05, 0.1) is 6.54 Å². The molecule has 2 aromatic rings. The van der Waals surface area contributed by atoms with Crippen molar-refractivity contribution in [3.05, 3.63) is 65.7 Å². The van der Waals surface area contributed by atoms with Crippen LogP contribution in [0.4, 0.5) is 19.4 Å². The topological polar surface area (TPSA) is 96.7 Å². The first-order valence-corrected chi connectivity index (χ1v) is 9.25. The lowest BCUT2D eigenvalue weighted by Gasteiger charge is -2.40. The van der Waals surface area contributed by atoms with E-state index in [9.17, 15) is 24.2 Å². The van der Waals surface area contributed by atoms with Gasteiger partial charge in [-0.2, -0.15) is 0 Å². The van der Waals surface area contributed by atoms with Crippen molar-refractivity contribution in [3.8, 4) is 0 Å². The standard InChI is InChI=1S/C15H16F5N5OS/c16-27(17,18,19,20)13-8-6-12(7-9-13)14(26)23-15(21)24-25(22)10-11-4-2-1-3-5-11/h1-9H,10,22H2,(H3,21,23,24,26). The van der Waals surface area contributed by atoms with E-state index in [0.717, 1.165) is 10.7 Å². The summed E-state index contributed by atoms with van der Waals surface area (Å²) in [5.41, 5.74) is 6.01. The van der Waals surface area contributed by atoms with Crippen molar-refractivity contribution in [1.82, 2.24) is 10.4 Å². The average molecular weight is 409 g/mol. The van der Waals surface area contributed by atoms with Crippen molar-refractivity contribution in [2.45, 2.75) is 11.4 Å². The van der Waals surface area contributed by atoms with Crippen LogP contribution in [-0.4, -0.2) is 17.0 Å². The molecule has 12 heteroatoms. The Morgan fingerprint density at radius 1 is 1.00 bits per heavy atom. The van der Waals surface area contributed by atoms with Gasteiger partial charge in [0.25, 0.3) is 5.91 Å². The molecule has 0 aromatic heterocycles. The number of hydrazone groups is 1. The number of hydrogen-bond donors (Lipinski definition) is 3. The number of carbonyl (C=O) groups is 1. The molecule has 2 aromatic carbocycles. The summed E-state index contributed by atoms with van der Waals surface area (Å²) in [4.78, 5) is 9.83. The van der Waals surface area contributed by atoms with Crippen molar-refractivity contribution in [2.24, 2.45) is 16.7 Å². The van der Waals surface area contributed by atoms with E-state index >= 15 is 0 Å². The Hall–Kier alpha value is -2.86. The van der Waals surface area contributed by atoms with Gasteiger partial charge in [-0.25, -0.2) is 11.0 Å². The molecule has 0 fully saturated rings. The number of guanidine groups is 1. The first-order valence-electron chi connectivity index (χ1n) is 7.30. The summed E-state index contributed by atoms with van der Waals surface area (Å²) >= 11 is 0. The second-order valence-electron chi connectivity index (χ2n) is 5.52. The molecule has 0 radical (unpaired) electrons. The molecule has 0 unspecified atom stereocenters. The minimum atomic E-state index is -9.79. The van der Waals surface area contributed by atoms with Crippen LogP contribution < -0.4 is 16.9 Å². The Balaban J connectivity index is 2.04. The van der Waals surface area contributed by atoms with E-state index in [1.165, 1.54) is 0 Å². The van der Waals surface area contributed by atoms with Gasteiger partial charge in [0, 0.05) is 5.56 Å². The van der Waals surface area contributed by atoms with E-state index in [1.807, 2.05) is 6.07 Å². The summed E-state index contributed by atoms with van der Waals surface area (Å²) in [5.74, 6) is 4.27. The Morgan fingerprint density at radius 2 is 1.56 bits per heavy atom. The van der Waals surface area contributed by atoms with Crippen molar-refractivity contribution >= 4 is 22.1 Å². The van der Waals surface area contributed by atoms with Gasteiger partial charge in [0.1, 0.15) is 4.90 Å². The maximum Gasteiger partial charge on any atom is 0.310 e. The normalized spacial score (nSPS) is 14.8. The van der Waals surface area contributed by atoms with Gasteiger partial charge in [-0.1, -0.05) is 49.8 Å². The largest absolute Gasteiger partial charge is 0.368 e. The number of hydrazine groups is 1. The number of benzene rings is 2. The fourth-order valence-corrected chi connectivity index (χ4v) is 2.67. The highest BCUT2D eigenvalue weighted by atomic mass is 32.5. The third-order valence-electron chi connectivity index (χ3n) is 3.23. The van der Waals surface area contributed by atoms with Crippen LogP contribution in [0.15, 0.2) is 64.6 Å². The van der Waals surface area contributed by atoms with E-state index < -0.39 is 27.0 Å². The molecule has 0 aliphatic rings. The van der Waals surface area contributed by atoms with E-state index in [2.05, 4.69) is 10.4 Å². The van der Waals surface area contributed by atoms with Crippen molar-refractivity contribution in [3.63, 3.8) is 0 Å². The highest BCUT2D eigenvalue weighted by molar-refractivity contribution is 8.45. The molecule has 5 N–H and O–H groups in total. The maximum absolute atomic E-state index is 12.7. The predicted octanol–water partition coefficient (Wildman–Crippen LogP) is 3.68. The monoisotopic (exact) mass is 409 g/mol. The smallest absolute Gasteiger partial charge is 0.310 e. The third-order valence-corrected chi connectivity index (χ3v) is 4.39. The zero-order valence-electron chi connectivity index (χ0n) is 13.7. The Kier molecular flexibility index (Phi) is 4.84. The van der Waals surface area contributed by atoms with Gasteiger partial charge in [0.15, 0.2) is 0 Å². The number of nitrogens with one attached hydrogen (secondary N) is 1. The quantitative estimate of drug-likeness (QED) is 0.231. The molecule has 0 bridgehead atoms. The zero-order chi connectivity index (χ0) is 20.4. The molecule has 0 heterocycles.